The number of nitriles is 2. The number of aromatic nitrogens is 5. The number of hydrogen-bond acceptors (Lipinski definition) is 6. The third-order valence-corrected chi connectivity index (χ3v) is 4.96. The first-order valence-corrected chi connectivity index (χ1v) is 9.21. The van der Waals surface area contributed by atoms with Crippen LogP contribution in [-0.4, -0.2) is 24.5 Å². The standard InChI is InChI=1S/C21H11ClN8/c22-11-4-3-5-12(8-11)30-19(25)17(20-27-13-6-1-2-7-14(13)28-20)18-21(30)29-16(10-24)15(9-23)26-18/h1-8H,25H2,(H,27,28). The molecule has 3 N–H and O–H groups in total. The molecule has 0 aliphatic carbocycles. The van der Waals surface area contributed by atoms with E-state index in [9.17, 15) is 10.5 Å². The second-order valence-corrected chi connectivity index (χ2v) is 6.93. The Kier molecular flexibility index (Phi) is 3.88. The Morgan fingerprint density at radius 1 is 0.967 bits per heavy atom. The highest BCUT2D eigenvalue weighted by molar-refractivity contribution is 6.30. The van der Waals surface area contributed by atoms with Crippen molar-refractivity contribution in [2.75, 3.05) is 5.73 Å². The molecule has 5 aromatic rings. The van der Waals surface area contributed by atoms with Gasteiger partial charge in [0.2, 0.25) is 0 Å². The predicted octanol–water partition coefficient (Wildman–Crippen LogP) is 3.94. The zero-order valence-electron chi connectivity index (χ0n) is 15.3. The average molecular weight is 411 g/mol. The number of halogens is 1. The fourth-order valence-electron chi connectivity index (χ4n) is 3.43. The van der Waals surface area contributed by atoms with E-state index >= 15 is 0 Å². The van der Waals surface area contributed by atoms with Crippen molar-refractivity contribution in [1.82, 2.24) is 24.5 Å². The summed E-state index contributed by atoms with van der Waals surface area (Å²) in [7, 11) is 0. The number of fused-ring (bicyclic) bond motifs is 2. The molecular formula is C21H11ClN8. The van der Waals surface area contributed by atoms with Gasteiger partial charge in [-0.3, -0.25) is 4.57 Å². The number of nitrogens with one attached hydrogen (secondary N) is 1. The van der Waals surface area contributed by atoms with Gasteiger partial charge in [-0.25, -0.2) is 15.0 Å². The van der Waals surface area contributed by atoms with E-state index < -0.39 is 0 Å². The highest BCUT2D eigenvalue weighted by Crippen LogP contribution is 2.37. The van der Waals surface area contributed by atoms with Gasteiger partial charge in [0.15, 0.2) is 17.0 Å². The van der Waals surface area contributed by atoms with Crippen LogP contribution < -0.4 is 5.73 Å². The van der Waals surface area contributed by atoms with Gasteiger partial charge in [0.25, 0.3) is 0 Å². The largest absolute Gasteiger partial charge is 0.384 e. The van der Waals surface area contributed by atoms with E-state index in [1.54, 1.807) is 22.8 Å². The van der Waals surface area contributed by atoms with Gasteiger partial charge in [-0.05, 0) is 30.3 Å². The van der Waals surface area contributed by atoms with Crippen LogP contribution >= 0.6 is 11.6 Å². The summed E-state index contributed by atoms with van der Waals surface area (Å²) in [5, 5.41) is 19.4. The summed E-state index contributed by atoms with van der Waals surface area (Å²) in [6, 6.07) is 18.5. The second-order valence-electron chi connectivity index (χ2n) is 6.49. The van der Waals surface area contributed by atoms with E-state index in [2.05, 4.69) is 19.9 Å². The molecule has 8 nitrogen and oxygen atoms in total. The maximum atomic E-state index is 9.43. The Balaban J connectivity index is 1.92. The highest BCUT2D eigenvalue weighted by Gasteiger charge is 2.24. The maximum absolute atomic E-state index is 9.43. The van der Waals surface area contributed by atoms with Gasteiger partial charge >= 0.3 is 0 Å². The van der Waals surface area contributed by atoms with Crippen molar-refractivity contribution in [1.29, 1.82) is 10.5 Å². The summed E-state index contributed by atoms with van der Waals surface area (Å²) in [6.45, 7) is 0. The lowest BCUT2D eigenvalue weighted by atomic mass is 10.2. The molecule has 0 atom stereocenters. The van der Waals surface area contributed by atoms with E-state index in [-0.39, 0.29) is 11.4 Å². The maximum Gasteiger partial charge on any atom is 0.179 e. The van der Waals surface area contributed by atoms with Crippen LogP contribution in [0.5, 0.6) is 0 Å². The fourth-order valence-corrected chi connectivity index (χ4v) is 3.62. The van der Waals surface area contributed by atoms with Crippen molar-refractivity contribution in [2.45, 2.75) is 0 Å². The van der Waals surface area contributed by atoms with Crippen molar-refractivity contribution in [2.24, 2.45) is 0 Å². The first kappa shape index (κ1) is 17.7. The Hall–Kier alpha value is -4.40. The zero-order valence-corrected chi connectivity index (χ0v) is 16.0. The monoisotopic (exact) mass is 410 g/mol. The molecule has 3 heterocycles. The number of hydrogen-bond donors (Lipinski definition) is 2. The number of nitrogen functional groups attached to an aromatic ring is 1. The van der Waals surface area contributed by atoms with Crippen LogP contribution in [0, 0.1) is 22.7 Å². The predicted molar refractivity (Wildman–Crippen MR) is 113 cm³/mol. The van der Waals surface area contributed by atoms with Crippen molar-refractivity contribution in [3.63, 3.8) is 0 Å². The van der Waals surface area contributed by atoms with Crippen LogP contribution in [0.4, 0.5) is 5.82 Å². The Bertz CT molecular complexity index is 1510. The second kappa shape index (κ2) is 6.59. The topological polar surface area (TPSA) is 133 Å². The molecule has 2 aromatic carbocycles. The number of H-pyrrole nitrogens is 1. The first-order valence-electron chi connectivity index (χ1n) is 8.84. The lowest BCUT2D eigenvalue weighted by Gasteiger charge is -2.08. The minimum atomic E-state index is -0.0815. The third-order valence-electron chi connectivity index (χ3n) is 4.73. The Morgan fingerprint density at radius 3 is 2.47 bits per heavy atom. The van der Waals surface area contributed by atoms with E-state index in [1.165, 1.54) is 0 Å². The van der Waals surface area contributed by atoms with Gasteiger partial charge in [0, 0.05) is 5.02 Å². The van der Waals surface area contributed by atoms with Crippen LogP contribution in [-0.2, 0) is 0 Å². The zero-order chi connectivity index (χ0) is 20.8. The van der Waals surface area contributed by atoms with Crippen molar-refractivity contribution >= 4 is 39.6 Å². The summed E-state index contributed by atoms with van der Waals surface area (Å²) in [6.07, 6.45) is 0. The van der Waals surface area contributed by atoms with Crippen molar-refractivity contribution in [3.05, 3.63) is 64.9 Å². The molecule has 3 aromatic heterocycles. The molecule has 0 aliphatic rings. The van der Waals surface area contributed by atoms with E-state index in [4.69, 9.17) is 17.3 Å². The molecule has 0 amide bonds. The highest BCUT2D eigenvalue weighted by atomic mass is 35.5. The van der Waals surface area contributed by atoms with Gasteiger partial charge in [-0.2, -0.15) is 10.5 Å². The van der Waals surface area contributed by atoms with Crippen LogP contribution in [0.3, 0.4) is 0 Å². The molecule has 142 valence electrons. The molecular weight excluding hydrogens is 400 g/mol. The quantitative estimate of drug-likeness (QED) is 0.452. The van der Waals surface area contributed by atoms with Gasteiger partial charge in [0.1, 0.15) is 29.3 Å². The lowest BCUT2D eigenvalue weighted by molar-refractivity contribution is 1.08. The van der Waals surface area contributed by atoms with Gasteiger partial charge < -0.3 is 10.7 Å². The molecule has 0 spiro atoms. The average Bonchev–Trinajstić information content (AvgIpc) is 3.29. The third kappa shape index (κ3) is 2.56. The molecule has 0 saturated carbocycles. The molecule has 5 rings (SSSR count). The molecule has 0 unspecified atom stereocenters. The summed E-state index contributed by atoms with van der Waals surface area (Å²) in [5.74, 6) is 0.799. The number of para-hydroxylation sites is 2. The smallest absolute Gasteiger partial charge is 0.179 e. The van der Waals surface area contributed by atoms with Crippen LogP contribution in [0.15, 0.2) is 48.5 Å². The van der Waals surface area contributed by atoms with Crippen molar-refractivity contribution < 1.29 is 0 Å². The molecule has 0 aliphatic heterocycles. The van der Waals surface area contributed by atoms with Gasteiger partial charge in [-0.1, -0.05) is 29.8 Å². The lowest BCUT2D eigenvalue weighted by Crippen LogP contribution is -2.03. The minimum absolute atomic E-state index is 0.0781. The summed E-state index contributed by atoms with van der Waals surface area (Å²) < 4.78 is 1.65. The van der Waals surface area contributed by atoms with Crippen LogP contribution in [0.25, 0.3) is 39.3 Å². The van der Waals surface area contributed by atoms with E-state index in [1.807, 2.05) is 42.5 Å². The molecule has 30 heavy (non-hydrogen) atoms. The number of imidazole rings is 1. The number of nitrogens with two attached hydrogens (primary N) is 1. The molecule has 9 heteroatoms. The number of nitrogens with zero attached hydrogens (tertiary/aromatic N) is 6. The molecule has 0 fully saturated rings. The SMILES string of the molecule is N#Cc1nc2c(-c3nc4ccccc4[nH]3)c(N)n(-c3cccc(Cl)c3)c2nc1C#N. The Morgan fingerprint density at radius 2 is 1.73 bits per heavy atom. The normalized spacial score (nSPS) is 10.9. The fraction of sp³-hybridized carbons (Fsp3) is 0. The number of aromatic amines is 1. The van der Waals surface area contributed by atoms with Crippen molar-refractivity contribution in [3.8, 4) is 29.2 Å². The summed E-state index contributed by atoms with van der Waals surface area (Å²) in [5.41, 5.74) is 9.82. The van der Waals surface area contributed by atoms with E-state index in [0.717, 1.165) is 11.0 Å². The first-order chi connectivity index (χ1) is 14.6. The molecule has 0 saturated heterocycles. The van der Waals surface area contributed by atoms with Crippen LogP contribution in [0.1, 0.15) is 11.4 Å². The number of benzene rings is 2. The number of anilines is 1. The van der Waals surface area contributed by atoms with Crippen LogP contribution in [0.2, 0.25) is 5.02 Å². The minimum Gasteiger partial charge on any atom is -0.384 e. The van der Waals surface area contributed by atoms with E-state index in [0.29, 0.717) is 39.1 Å². The summed E-state index contributed by atoms with van der Waals surface area (Å²) in [4.78, 5) is 16.7. The molecule has 0 radical (unpaired) electrons. The van der Waals surface area contributed by atoms with Gasteiger partial charge in [0.05, 0.1) is 22.3 Å². The Labute approximate surface area is 174 Å². The molecule has 0 bridgehead atoms. The van der Waals surface area contributed by atoms with Gasteiger partial charge in [-0.15, -0.1) is 0 Å². The summed E-state index contributed by atoms with van der Waals surface area (Å²) >= 11 is 6.18. The number of rotatable bonds is 2.